The number of rotatable bonds is 4. The first-order chi connectivity index (χ1) is 6.59. The molecule has 0 saturated carbocycles. The van der Waals surface area contributed by atoms with Crippen LogP contribution in [-0.4, -0.2) is 22.8 Å². The number of aromatic nitrogens is 2. The van der Waals surface area contributed by atoms with Crippen molar-refractivity contribution in [3.63, 3.8) is 0 Å². The average Bonchev–Trinajstić information content (AvgIpc) is 2.51. The Morgan fingerprint density at radius 1 is 1.71 bits per heavy atom. The molecule has 0 unspecified atom stereocenters. The van der Waals surface area contributed by atoms with Crippen molar-refractivity contribution in [3.8, 4) is 0 Å². The van der Waals surface area contributed by atoms with Gasteiger partial charge in [0.05, 0.1) is 6.61 Å². The zero-order valence-corrected chi connectivity index (χ0v) is 8.41. The first-order valence-corrected chi connectivity index (χ1v) is 4.57. The number of nitrogens with two attached hydrogens (primary N) is 1. The van der Waals surface area contributed by atoms with Crippen molar-refractivity contribution in [1.82, 2.24) is 10.2 Å². The van der Waals surface area contributed by atoms with Gasteiger partial charge in [0, 0.05) is 6.07 Å². The van der Waals surface area contributed by atoms with Gasteiger partial charge in [-0.15, -0.1) is 0 Å². The zero-order valence-electron chi connectivity index (χ0n) is 8.41. The van der Waals surface area contributed by atoms with Crippen molar-refractivity contribution in [3.05, 3.63) is 11.8 Å². The molecule has 0 fully saturated rings. The summed E-state index contributed by atoms with van der Waals surface area (Å²) >= 11 is 0. The Morgan fingerprint density at radius 2 is 2.43 bits per heavy atom. The number of hydrogen-bond acceptors (Lipinski definition) is 4. The summed E-state index contributed by atoms with van der Waals surface area (Å²) in [6, 6.07) is 1.46. The van der Waals surface area contributed by atoms with E-state index in [-0.39, 0.29) is 0 Å². The van der Waals surface area contributed by atoms with Crippen molar-refractivity contribution < 1.29 is 9.53 Å². The lowest BCUT2D eigenvalue weighted by molar-refractivity contribution is 0.0481. The molecule has 0 bridgehead atoms. The minimum absolute atomic E-state index is 0.292. The molecule has 0 spiro atoms. The van der Waals surface area contributed by atoms with Crippen LogP contribution < -0.4 is 5.73 Å². The van der Waals surface area contributed by atoms with E-state index in [0.29, 0.717) is 24.0 Å². The number of carbonyl (C=O) groups excluding carboxylic acids is 1. The maximum absolute atomic E-state index is 11.3. The summed E-state index contributed by atoms with van der Waals surface area (Å²) in [6.45, 7) is 4.57. The maximum atomic E-state index is 11.3. The van der Waals surface area contributed by atoms with Crippen molar-refractivity contribution >= 4 is 11.8 Å². The Labute approximate surface area is 82.6 Å². The second-order valence-electron chi connectivity index (χ2n) is 3.52. The van der Waals surface area contributed by atoms with Gasteiger partial charge in [-0.1, -0.05) is 13.8 Å². The Kier molecular flexibility index (Phi) is 3.50. The van der Waals surface area contributed by atoms with Gasteiger partial charge in [-0.05, 0) is 12.3 Å². The third-order valence-corrected chi connectivity index (χ3v) is 1.75. The third-order valence-electron chi connectivity index (χ3n) is 1.75. The summed E-state index contributed by atoms with van der Waals surface area (Å²) in [5, 5.41) is 6.13. The predicted molar refractivity (Wildman–Crippen MR) is 52.7 cm³/mol. The quantitative estimate of drug-likeness (QED) is 0.710. The molecule has 5 heteroatoms. The van der Waals surface area contributed by atoms with Crippen LogP contribution in [0.15, 0.2) is 6.07 Å². The average molecular weight is 197 g/mol. The summed E-state index contributed by atoms with van der Waals surface area (Å²) in [6.07, 6.45) is 0.857. The number of aromatic amines is 1. The molecule has 3 N–H and O–H groups in total. The fraction of sp³-hybridized carbons (Fsp3) is 0.556. The molecule has 1 rings (SSSR count). The Balaban J connectivity index is 2.36. The van der Waals surface area contributed by atoms with Crippen molar-refractivity contribution in [2.45, 2.75) is 20.3 Å². The molecule has 0 aliphatic carbocycles. The van der Waals surface area contributed by atoms with Crippen LogP contribution in [-0.2, 0) is 4.74 Å². The number of hydrogen-bond donors (Lipinski definition) is 2. The van der Waals surface area contributed by atoms with Crippen LogP contribution in [0.5, 0.6) is 0 Å². The summed E-state index contributed by atoms with van der Waals surface area (Å²) in [5.74, 6) is 0.408. The van der Waals surface area contributed by atoms with Crippen LogP contribution in [0.1, 0.15) is 30.8 Å². The molecular weight excluding hydrogens is 182 g/mol. The molecule has 1 heterocycles. The highest BCUT2D eigenvalue weighted by Crippen LogP contribution is 2.04. The fourth-order valence-electron chi connectivity index (χ4n) is 0.907. The number of esters is 1. The highest BCUT2D eigenvalue weighted by Gasteiger charge is 2.09. The number of H-pyrrole nitrogens is 1. The van der Waals surface area contributed by atoms with Crippen molar-refractivity contribution in [1.29, 1.82) is 0 Å². The van der Waals surface area contributed by atoms with Crippen molar-refractivity contribution in [2.75, 3.05) is 12.3 Å². The molecule has 0 saturated heterocycles. The third kappa shape index (κ3) is 3.08. The van der Waals surface area contributed by atoms with E-state index in [1.54, 1.807) is 0 Å². The van der Waals surface area contributed by atoms with Gasteiger partial charge < -0.3 is 10.5 Å². The number of anilines is 1. The fourth-order valence-corrected chi connectivity index (χ4v) is 0.907. The Hall–Kier alpha value is -1.52. The number of nitrogens with zero attached hydrogens (tertiary/aromatic N) is 1. The largest absolute Gasteiger partial charge is 0.461 e. The number of ether oxygens (including phenoxy) is 1. The molecule has 0 aliphatic rings. The van der Waals surface area contributed by atoms with E-state index in [2.05, 4.69) is 24.0 Å². The van der Waals surface area contributed by atoms with E-state index in [1.807, 2.05) is 0 Å². The minimum atomic E-state index is -0.408. The van der Waals surface area contributed by atoms with Gasteiger partial charge in [0.2, 0.25) is 0 Å². The van der Waals surface area contributed by atoms with Gasteiger partial charge in [-0.3, -0.25) is 5.10 Å². The highest BCUT2D eigenvalue weighted by atomic mass is 16.5. The van der Waals surface area contributed by atoms with Crippen LogP contribution >= 0.6 is 0 Å². The first-order valence-electron chi connectivity index (χ1n) is 4.57. The zero-order chi connectivity index (χ0) is 10.6. The standard InChI is InChI=1S/C9H15N3O2/c1-6(2)3-4-14-9(13)7-5-8(10)12-11-7/h5-6H,3-4H2,1-2H3,(H3,10,11,12). The van der Waals surface area contributed by atoms with E-state index in [4.69, 9.17) is 10.5 Å². The van der Waals surface area contributed by atoms with Crippen LogP contribution in [0, 0.1) is 5.92 Å². The summed E-state index contributed by atoms with van der Waals surface area (Å²) < 4.78 is 4.99. The molecule has 0 aliphatic heterocycles. The number of carbonyl (C=O) groups is 1. The van der Waals surface area contributed by atoms with E-state index in [1.165, 1.54) is 6.07 Å². The molecule has 14 heavy (non-hydrogen) atoms. The van der Waals surface area contributed by atoms with Crippen molar-refractivity contribution in [2.24, 2.45) is 5.92 Å². The van der Waals surface area contributed by atoms with Crippen LogP contribution in [0.2, 0.25) is 0 Å². The Morgan fingerprint density at radius 3 is 2.93 bits per heavy atom. The van der Waals surface area contributed by atoms with Gasteiger partial charge in [-0.2, -0.15) is 5.10 Å². The predicted octanol–water partition coefficient (Wildman–Crippen LogP) is 1.19. The normalized spacial score (nSPS) is 10.5. The topological polar surface area (TPSA) is 81.0 Å². The SMILES string of the molecule is CC(C)CCOC(=O)c1cc(N)n[nH]1. The molecule has 5 nitrogen and oxygen atoms in total. The molecule has 0 amide bonds. The molecule has 1 aromatic heterocycles. The van der Waals surface area contributed by atoms with Crippen LogP contribution in [0.4, 0.5) is 5.82 Å². The van der Waals surface area contributed by atoms with E-state index >= 15 is 0 Å². The highest BCUT2D eigenvalue weighted by molar-refractivity contribution is 5.87. The Bertz CT molecular complexity index is 307. The van der Waals surface area contributed by atoms with E-state index < -0.39 is 5.97 Å². The summed E-state index contributed by atoms with van der Waals surface area (Å²) in [5.41, 5.74) is 5.64. The lowest BCUT2D eigenvalue weighted by Crippen LogP contribution is -2.08. The first kappa shape index (κ1) is 10.6. The molecule has 1 aromatic rings. The monoisotopic (exact) mass is 197 g/mol. The maximum Gasteiger partial charge on any atom is 0.356 e. The second-order valence-corrected chi connectivity index (χ2v) is 3.52. The number of nitrogen functional groups attached to an aromatic ring is 1. The van der Waals surface area contributed by atoms with E-state index in [9.17, 15) is 4.79 Å². The molecule has 0 aromatic carbocycles. The summed E-state index contributed by atoms with van der Waals surface area (Å²) in [4.78, 5) is 11.3. The second kappa shape index (κ2) is 4.64. The summed E-state index contributed by atoms with van der Waals surface area (Å²) in [7, 11) is 0. The lowest BCUT2D eigenvalue weighted by Gasteiger charge is -2.04. The van der Waals surface area contributed by atoms with Gasteiger partial charge in [0.1, 0.15) is 11.5 Å². The molecular formula is C9H15N3O2. The molecule has 0 radical (unpaired) electrons. The van der Waals surface area contributed by atoms with E-state index in [0.717, 1.165) is 6.42 Å². The molecule has 0 atom stereocenters. The minimum Gasteiger partial charge on any atom is -0.461 e. The van der Waals surface area contributed by atoms with Gasteiger partial charge >= 0.3 is 5.97 Å². The van der Waals surface area contributed by atoms with Gasteiger partial charge in [-0.25, -0.2) is 4.79 Å². The molecule has 78 valence electrons. The van der Waals surface area contributed by atoms with Gasteiger partial charge in [0.15, 0.2) is 0 Å². The van der Waals surface area contributed by atoms with Crippen LogP contribution in [0.3, 0.4) is 0 Å². The van der Waals surface area contributed by atoms with Gasteiger partial charge in [0.25, 0.3) is 0 Å². The number of nitrogens with one attached hydrogen (secondary N) is 1. The smallest absolute Gasteiger partial charge is 0.356 e. The lowest BCUT2D eigenvalue weighted by atomic mass is 10.1. The van der Waals surface area contributed by atoms with Crippen LogP contribution in [0.25, 0.3) is 0 Å².